The van der Waals surface area contributed by atoms with Crippen molar-refractivity contribution in [1.29, 1.82) is 0 Å². The van der Waals surface area contributed by atoms with Crippen LogP contribution in [0.2, 0.25) is 0 Å². The van der Waals surface area contributed by atoms with Gasteiger partial charge in [0.15, 0.2) is 0 Å². The summed E-state index contributed by atoms with van der Waals surface area (Å²) >= 11 is 0. The number of imidazole rings is 1. The number of methoxy groups -OCH3 is 1. The van der Waals surface area contributed by atoms with E-state index in [2.05, 4.69) is 58.1 Å². The number of benzene rings is 2. The second-order valence-electron chi connectivity index (χ2n) is 11.9. The van der Waals surface area contributed by atoms with E-state index in [-0.39, 0.29) is 17.9 Å². The van der Waals surface area contributed by atoms with Crippen LogP contribution >= 0.6 is 0 Å². The summed E-state index contributed by atoms with van der Waals surface area (Å²) in [6.07, 6.45) is 5.95. The highest BCUT2D eigenvalue weighted by Crippen LogP contribution is 2.43. The van der Waals surface area contributed by atoms with E-state index < -0.39 is 0 Å². The summed E-state index contributed by atoms with van der Waals surface area (Å²) in [5.41, 5.74) is 7.41. The molecule has 6 nitrogen and oxygen atoms in total. The van der Waals surface area contributed by atoms with Gasteiger partial charge in [0.1, 0.15) is 5.82 Å². The molecule has 1 aromatic heterocycles. The van der Waals surface area contributed by atoms with Gasteiger partial charge < -0.3 is 19.5 Å². The predicted octanol–water partition coefficient (Wildman–Crippen LogP) is 5.49. The minimum atomic E-state index is -0.0116. The van der Waals surface area contributed by atoms with Gasteiger partial charge in [-0.3, -0.25) is 4.79 Å². The van der Waals surface area contributed by atoms with Crippen molar-refractivity contribution in [3.05, 3.63) is 58.9 Å². The fourth-order valence-electron chi connectivity index (χ4n) is 6.43. The Morgan fingerprint density at radius 3 is 2.68 bits per heavy atom. The second-order valence-corrected chi connectivity index (χ2v) is 11.9. The van der Waals surface area contributed by atoms with Gasteiger partial charge in [-0.1, -0.05) is 26.0 Å². The van der Waals surface area contributed by atoms with Crippen molar-refractivity contribution in [2.75, 3.05) is 32.1 Å². The maximum atomic E-state index is 12.1. The van der Waals surface area contributed by atoms with Crippen LogP contribution in [0.3, 0.4) is 0 Å². The van der Waals surface area contributed by atoms with E-state index >= 15 is 0 Å². The number of aryl methyl sites for hydroxylation is 1. The molecule has 2 aromatic carbocycles. The lowest BCUT2D eigenvalue weighted by atomic mass is 9.98. The van der Waals surface area contributed by atoms with Crippen LogP contribution in [0.1, 0.15) is 67.6 Å². The zero-order valence-electron chi connectivity index (χ0n) is 22.7. The van der Waals surface area contributed by atoms with Gasteiger partial charge in [0.25, 0.3) is 0 Å². The van der Waals surface area contributed by atoms with E-state index in [9.17, 15) is 4.79 Å². The Labute approximate surface area is 220 Å². The zero-order valence-corrected chi connectivity index (χ0v) is 22.7. The van der Waals surface area contributed by atoms with Crippen molar-refractivity contribution >= 4 is 22.6 Å². The molecule has 1 saturated carbocycles. The predicted molar refractivity (Wildman–Crippen MR) is 148 cm³/mol. The van der Waals surface area contributed by atoms with Gasteiger partial charge in [-0.25, -0.2) is 4.98 Å². The summed E-state index contributed by atoms with van der Waals surface area (Å²) < 4.78 is 8.69. The van der Waals surface area contributed by atoms with Crippen LogP contribution in [-0.4, -0.2) is 53.2 Å². The molecule has 6 rings (SSSR count). The first-order valence-electron chi connectivity index (χ1n) is 14.1. The highest BCUT2D eigenvalue weighted by atomic mass is 16.5. The van der Waals surface area contributed by atoms with E-state index in [0.29, 0.717) is 17.9 Å². The molecule has 3 aliphatic rings. The highest BCUT2D eigenvalue weighted by Gasteiger charge is 2.38. The van der Waals surface area contributed by atoms with E-state index in [0.717, 1.165) is 50.1 Å². The molecule has 2 aliphatic carbocycles. The largest absolute Gasteiger partial charge is 0.378 e. The SMILES string of the molecule is CO[C@@H]1CN(C[C@@H]2Cc3ccc(NC(=O)C(C)C)cc3C2)CC[C@H]1n1c(C2CC2)nc2cc(C)ccc21. The molecule has 3 atom stereocenters. The summed E-state index contributed by atoms with van der Waals surface area (Å²) in [4.78, 5) is 19.8. The monoisotopic (exact) mass is 500 g/mol. The maximum Gasteiger partial charge on any atom is 0.226 e. The molecule has 1 amide bonds. The molecular formula is C31H40N4O2. The molecule has 1 saturated heterocycles. The zero-order chi connectivity index (χ0) is 25.7. The number of amides is 1. The van der Waals surface area contributed by atoms with Crippen LogP contribution in [0, 0.1) is 18.8 Å². The molecule has 196 valence electrons. The van der Waals surface area contributed by atoms with Gasteiger partial charge in [0, 0.05) is 44.3 Å². The lowest BCUT2D eigenvalue weighted by molar-refractivity contribution is -0.118. The van der Waals surface area contributed by atoms with Gasteiger partial charge in [0.05, 0.1) is 23.2 Å². The van der Waals surface area contributed by atoms with Crippen molar-refractivity contribution in [2.45, 2.75) is 70.9 Å². The molecule has 2 heterocycles. The van der Waals surface area contributed by atoms with Crippen LogP contribution in [0.15, 0.2) is 36.4 Å². The number of nitrogens with zero attached hydrogens (tertiary/aromatic N) is 3. The standard InChI is InChI=1S/C31H40N4O2/c1-19(2)31(36)32-25-9-8-23-14-21(15-24(23)16-25)17-34-12-11-28(29(18-34)37-4)35-27-10-5-20(3)13-26(27)33-30(35)22-6-7-22/h5,8-10,13,16,19,21-22,28-29H,6-7,11-12,14-15,17-18H2,1-4H3,(H,32,36)/t21-,28-,29-/m1/s1. The van der Waals surface area contributed by atoms with Gasteiger partial charge in [-0.2, -0.15) is 0 Å². The first-order valence-corrected chi connectivity index (χ1v) is 14.1. The minimum absolute atomic E-state index is 0.0116. The fraction of sp³-hybridized carbons (Fsp3) is 0.548. The summed E-state index contributed by atoms with van der Waals surface area (Å²) in [7, 11) is 1.87. The Morgan fingerprint density at radius 1 is 1.11 bits per heavy atom. The fourth-order valence-corrected chi connectivity index (χ4v) is 6.43. The molecule has 2 fully saturated rings. The number of likely N-dealkylation sites (tertiary alicyclic amines) is 1. The number of anilines is 1. The molecule has 1 aliphatic heterocycles. The number of hydrogen-bond acceptors (Lipinski definition) is 4. The Kier molecular flexibility index (Phi) is 6.58. The smallest absolute Gasteiger partial charge is 0.226 e. The lowest BCUT2D eigenvalue weighted by Crippen LogP contribution is -2.47. The normalized spacial score (nSPS) is 24.1. The average Bonchev–Trinajstić information content (AvgIpc) is 3.55. The van der Waals surface area contributed by atoms with Gasteiger partial charge in [-0.15, -0.1) is 0 Å². The van der Waals surface area contributed by atoms with Crippen molar-refractivity contribution in [3.63, 3.8) is 0 Å². The Hall–Kier alpha value is -2.70. The molecule has 37 heavy (non-hydrogen) atoms. The number of fused-ring (bicyclic) bond motifs is 2. The molecule has 0 unspecified atom stereocenters. The van der Waals surface area contributed by atoms with E-state index in [1.165, 1.54) is 40.9 Å². The summed E-state index contributed by atoms with van der Waals surface area (Å²) in [6.45, 7) is 9.14. The van der Waals surface area contributed by atoms with Crippen LogP contribution in [-0.2, 0) is 22.4 Å². The number of nitrogens with one attached hydrogen (secondary N) is 1. The summed E-state index contributed by atoms with van der Waals surface area (Å²) in [6, 6.07) is 13.5. The summed E-state index contributed by atoms with van der Waals surface area (Å²) in [5.74, 6) is 2.55. The van der Waals surface area contributed by atoms with Crippen LogP contribution in [0.25, 0.3) is 11.0 Å². The molecular weight excluding hydrogens is 460 g/mol. The Bertz CT molecular complexity index is 1310. The van der Waals surface area contributed by atoms with Crippen molar-refractivity contribution in [3.8, 4) is 0 Å². The molecule has 0 radical (unpaired) electrons. The number of ether oxygens (including phenoxy) is 1. The van der Waals surface area contributed by atoms with E-state index in [4.69, 9.17) is 9.72 Å². The molecule has 0 spiro atoms. The third-order valence-corrected chi connectivity index (χ3v) is 8.59. The number of aromatic nitrogens is 2. The minimum Gasteiger partial charge on any atom is -0.378 e. The Balaban J connectivity index is 1.14. The second kappa shape index (κ2) is 9.88. The molecule has 1 N–H and O–H groups in total. The summed E-state index contributed by atoms with van der Waals surface area (Å²) in [5, 5.41) is 3.06. The number of piperidine rings is 1. The quantitative estimate of drug-likeness (QED) is 0.466. The molecule has 3 aromatic rings. The number of hydrogen-bond donors (Lipinski definition) is 1. The van der Waals surface area contributed by atoms with Crippen LogP contribution < -0.4 is 5.32 Å². The molecule has 6 heteroatoms. The molecule has 0 bridgehead atoms. The van der Waals surface area contributed by atoms with E-state index in [1.807, 2.05) is 21.0 Å². The number of carbonyl (C=O) groups excluding carboxylic acids is 1. The maximum absolute atomic E-state index is 12.1. The van der Waals surface area contributed by atoms with Gasteiger partial charge in [-0.05, 0) is 85.9 Å². The van der Waals surface area contributed by atoms with E-state index in [1.54, 1.807) is 0 Å². The average molecular weight is 501 g/mol. The third-order valence-electron chi connectivity index (χ3n) is 8.59. The lowest BCUT2D eigenvalue weighted by Gasteiger charge is -2.40. The first-order chi connectivity index (χ1) is 17.9. The topological polar surface area (TPSA) is 59.4 Å². The van der Waals surface area contributed by atoms with Crippen molar-refractivity contribution in [2.24, 2.45) is 11.8 Å². The van der Waals surface area contributed by atoms with Crippen molar-refractivity contribution in [1.82, 2.24) is 14.5 Å². The van der Waals surface area contributed by atoms with Gasteiger partial charge in [0.2, 0.25) is 5.91 Å². The van der Waals surface area contributed by atoms with Crippen molar-refractivity contribution < 1.29 is 9.53 Å². The van der Waals surface area contributed by atoms with Crippen LogP contribution in [0.4, 0.5) is 5.69 Å². The first kappa shape index (κ1) is 24.6. The number of rotatable bonds is 7. The Morgan fingerprint density at radius 2 is 1.92 bits per heavy atom. The third kappa shape index (κ3) is 4.94. The van der Waals surface area contributed by atoms with Gasteiger partial charge >= 0.3 is 0 Å². The number of carbonyl (C=O) groups is 1. The highest BCUT2D eigenvalue weighted by molar-refractivity contribution is 5.92. The van der Waals surface area contributed by atoms with Crippen LogP contribution in [0.5, 0.6) is 0 Å².